The third-order valence-electron chi connectivity index (χ3n) is 2.62. The Morgan fingerprint density at radius 1 is 1.35 bits per heavy atom. The van der Waals surface area contributed by atoms with Crippen LogP contribution in [0.5, 0.6) is 0 Å². The normalized spacial score (nSPS) is 11.6. The summed E-state index contributed by atoms with van der Waals surface area (Å²) < 4.78 is 7.81. The van der Waals surface area contributed by atoms with Crippen molar-refractivity contribution in [3.63, 3.8) is 0 Å². The molecule has 0 saturated carbocycles. The van der Waals surface area contributed by atoms with E-state index in [2.05, 4.69) is 4.74 Å². The van der Waals surface area contributed by atoms with Crippen molar-refractivity contribution in [3.8, 4) is 0 Å². The first-order valence-electron chi connectivity index (χ1n) is 5.66. The van der Waals surface area contributed by atoms with Gasteiger partial charge in [0.15, 0.2) is 0 Å². The number of allylic oxidation sites excluding steroid dienone is 1. The Morgan fingerprint density at radius 3 is 2.47 bits per heavy atom. The minimum atomic E-state index is -0.338. The van der Waals surface area contributed by atoms with Crippen LogP contribution in [-0.2, 0) is 22.6 Å². The van der Waals surface area contributed by atoms with E-state index in [4.69, 9.17) is 0 Å². The summed E-state index contributed by atoms with van der Waals surface area (Å²) in [5.41, 5.74) is 0.521. The SMILES string of the molecule is CC/C(=C/Cn1ccn(CC)c1=O)C(=O)OC. The molecular formula is C12H18N2O3. The van der Waals surface area contributed by atoms with Crippen molar-refractivity contribution < 1.29 is 9.53 Å². The maximum absolute atomic E-state index is 11.7. The lowest BCUT2D eigenvalue weighted by Crippen LogP contribution is -2.23. The van der Waals surface area contributed by atoms with Gasteiger partial charge in [0, 0.05) is 31.1 Å². The number of rotatable bonds is 5. The summed E-state index contributed by atoms with van der Waals surface area (Å²) in [6, 6.07) is 0. The van der Waals surface area contributed by atoms with Crippen LogP contribution in [0.1, 0.15) is 20.3 Å². The van der Waals surface area contributed by atoms with Gasteiger partial charge >= 0.3 is 11.7 Å². The van der Waals surface area contributed by atoms with E-state index in [0.717, 1.165) is 0 Å². The van der Waals surface area contributed by atoms with Crippen molar-refractivity contribution in [1.29, 1.82) is 0 Å². The van der Waals surface area contributed by atoms with Crippen LogP contribution in [0.3, 0.4) is 0 Å². The first kappa shape index (κ1) is 13.3. The summed E-state index contributed by atoms with van der Waals surface area (Å²) in [7, 11) is 1.35. The largest absolute Gasteiger partial charge is 0.466 e. The number of ether oxygens (including phenoxy) is 1. The van der Waals surface area contributed by atoms with Crippen molar-refractivity contribution in [2.24, 2.45) is 0 Å². The molecule has 5 nitrogen and oxygen atoms in total. The number of methoxy groups -OCH3 is 1. The molecule has 0 unspecified atom stereocenters. The molecule has 0 aliphatic carbocycles. The van der Waals surface area contributed by atoms with Gasteiger partial charge in [-0.25, -0.2) is 9.59 Å². The number of carbonyl (C=O) groups is 1. The number of esters is 1. The topological polar surface area (TPSA) is 53.2 Å². The first-order valence-corrected chi connectivity index (χ1v) is 5.66. The van der Waals surface area contributed by atoms with Crippen molar-refractivity contribution in [1.82, 2.24) is 9.13 Å². The van der Waals surface area contributed by atoms with Gasteiger partial charge in [0.05, 0.1) is 7.11 Å². The zero-order chi connectivity index (χ0) is 12.8. The molecule has 1 heterocycles. The van der Waals surface area contributed by atoms with Gasteiger partial charge < -0.3 is 4.74 Å². The fourth-order valence-corrected chi connectivity index (χ4v) is 1.54. The zero-order valence-corrected chi connectivity index (χ0v) is 10.5. The number of aromatic nitrogens is 2. The second-order valence-corrected chi connectivity index (χ2v) is 3.59. The minimum absolute atomic E-state index is 0.0657. The van der Waals surface area contributed by atoms with Gasteiger partial charge in [0.2, 0.25) is 0 Å². The van der Waals surface area contributed by atoms with E-state index < -0.39 is 0 Å². The standard InChI is InChI=1S/C12H18N2O3/c1-4-10(11(15)17-3)6-7-14-9-8-13(5-2)12(14)16/h6,8-9H,4-5,7H2,1-3H3/b10-6-. The summed E-state index contributed by atoms with van der Waals surface area (Å²) >= 11 is 0. The molecule has 0 saturated heterocycles. The fraction of sp³-hybridized carbons (Fsp3) is 0.500. The van der Waals surface area contributed by atoms with Gasteiger partial charge in [0.25, 0.3) is 0 Å². The quantitative estimate of drug-likeness (QED) is 0.571. The van der Waals surface area contributed by atoms with Crippen molar-refractivity contribution in [3.05, 3.63) is 34.5 Å². The van der Waals surface area contributed by atoms with E-state index in [1.54, 1.807) is 27.6 Å². The maximum Gasteiger partial charge on any atom is 0.333 e. The number of aryl methyl sites for hydroxylation is 1. The highest BCUT2D eigenvalue weighted by Crippen LogP contribution is 2.03. The third kappa shape index (κ3) is 3.09. The second kappa shape index (κ2) is 6.08. The lowest BCUT2D eigenvalue weighted by atomic mass is 10.2. The Bertz CT molecular complexity index is 468. The molecule has 0 aromatic carbocycles. The summed E-state index contributed by atoms with van der Waals surface area (Å²) in [6.45, 7) is 4.83. The van der Waals surface area contributed by atoms with Gasteiger partial charge in [0.1, 0.15) is 0 Å². The monoisotopic (exact) mass is 238 g/mol. The number of imidazole rings is 1. The van der Waals surface area contributed by atoms with Crippen LogP contribution in [0.2, 0.25) is 0 Å². The van der Waals surface area contributed by atoms with Gasteiger partial charge in [-0.1, -0.05) is 13.0 Å². The number of nitrogens with zero attached hydrogens (tertiary/aromatic N) is 2. The van der Waals surface area contributed by atoms with Crippen LogP contribution in [0.15, 0.2) is 28.8 Å². The Labute approximate surface area is 100 Å². The van der Waals surface area contributed by atoms with Crippen LogP contribution in [0.4, 0.5) is 0 Å². The molecule has 5 heteroatoms. The Balaban J connectivity index is 2.84. The molecule has 0 N–H and O–H groups in total. The molecule has 1 aromatic rings. The summed E-state index contributed by atoms with van der Waals surface area (Å²) in [5.74, 6) is -0.338. The molecular weight excluding hydrogens is 220 g/mol. The van der Waals surface area contributed by atoms with Gasteiger partial charge in [-0.15, -0.1) is 0 Å². The van der Waals surface area contributed by atoms with Crippen molar-refractivity contribution in [2.45, 2.75) is 33.4 Å². The van der Waals surface area contributed by atoms with E-state index in [1.165, 1.54) is 7.11 Å². The second-order valence-electron chi connectivity index (χ2n) is 3.59. The lowest BCUT2D eigenvalue weighted by Gasteiger charge is -2.02. The Kier molecular flexibility index (Phi) is 4.75. The molecule has 0 spiro atoms. The molecule has 0 fully saturated rings. The molecule has 0 radical (unpaired) electrons. The van der Waals surface area contributed by atoms with E-state index in [-0.39, 0.29) is 11.7 Å². The molecule has 17 heavy (non-hydrogen) atoms. The molecule has 0 atom stereocenters. The minimum Gasteiger partial charge on any atom is -0.466 e. The van der Waals surface area contributed by atoms with E-state index >= 15 is 0 Å². The summed E-state index contributed by atoms with van der Waals surface area (Å²) in [4.78, 5) is 23.0. The first-order chi connectivity index (χ1) is 8.13. The molecule has 0 bridgehead atoms. The van der Waals surface area contributed by atoms with Crippen LogP contribution in [0, 0.1) is 0 Å². The van der Waals surface area contributed by atoms with Gasteiger partial charge in [-0.2, -0.15) is 0 Å². The van der Waals surface area contributed by atoms with Crippen molar-refractivity contribution in [2.75, 3.05) is 7.11 Å². The van der Waals surface area contributed by atoms with E-state index in [1.807, 2.05) is 13.8 Å². The van der Waals surface area contributed by atoms with Gasteiger partial charge in [-0.05, 0) is 13.3 Å². The molecule has 94 valence electrons. The molecule has 0 aliphatic heterocycles. The highest BCUT2D eigenvalue weighted by molar-refractivity contribution is 5.88. The zero-order valence-electron chi connectivity index (χ0n) is 10.5. The van der Waals surface area contributed by atoms with Crippen molar-refractivity contribution >= 4 is 5.97 Å². The molecule has 1 rings (SSSR count). The average Bonchev–Trinajstić information content (AvgIpc) is 2.70. The fourth-order valence-electron chi connectivity index (χ4n) is 1.54. The average molecular weight is 238 g/mol. The smallest absolute Gasteiger partial charge is 0.333 e. The highest BCUT2D eigenvalue weighted by atomic mass is 16.5. The maximum atomic E-state index is 11.7. The van der Waals surface area contributed by atoms with Crippen LogP contribution in [0.25, 0.3) is 0 Å². The van der Waals surface area contributed by atoms with Crippen LogP contribution in [-0.4, -0.2) is 22.2 Å². The number of carbonyl (C=O) groups excluding carboxylic acids is 1. The van der Waals surface area contributed by atoms with Gasteiger partial charge in [-0.3, -0.25) is 9.13 Å². The predicted octanol–water partition coefficient (Wildman–Crippen LogP) is 1.18. The number of hydrogen-bond donors (Lipinski definition) is 0. The molecule has 0 aliphatic rings. The Hall–Kier alpha value is -1.78. The third-order valence-corrected chi connectivity index (χ3v) is 2.62. The summed E-state index contributed by atoms with van der Waals surface area (Å²) in [6.07, 6.45) is 5.77. The molecule has 0 amide bonds. The van der Waals surface area contributed by atoms with E-state index in [9.17, 15) is 9.59 Å². The Morgan fingerprint density at radius 2 is 2.00 bits per heavy atom. The van der Waals surface area contributed by atoms with E-state index in [0.29, 0.717) is 25.1 Å². The predicted molar refractivity (Wildman–Crippen MR) is 64.8 cm³/mol. The molecule has 1 aromatic heterocycles. The lowest BCUT2D eigenvalue weighted by molar-refractivity contribution is -0.136. The number of hydrogen-bond acceptors (Lipinski definition) is 3. The van der Waals surface area contributed by atoms with Crippen LogP contribution < -0.4 is 5.69 Å². The highest BCUT2D eigenvalue weighted by Gasteiger charge is 2.07. The summed E-state index contributed by atoms with van der Waals surface area (Å²) in [5, 5.41) is 0. The van der Waals surface area contributed by atoms with Crippen LogP contribution >= 0.6 is 0 Å².